The van der Waals surface area contributed by atoms with E-state index in [0.29, 0.717) is 11.3 Å². The first-order chi connectivity index (χ1) is 15.1. The predicted octanol–water partition coefficient (Wildman–Crippen LogP) is 6.35. The molecule has 5 nitrogen and oxygen atoms in total. The van der Waals surface area contributed by atoms with Crippen LogP contribution in [0.5, 0.6) is 0 Å². The number of hydrogen-bond donors (Lipinski definition) is 2. The molecule has 2 aliphatic rings. The number of benzene rings is 2. The minimum absolute atomic E-state index is 0.00817. The van der Waals surface area contributed by atoms with E-state index >= 15 is 0 Å². The minimum Gasteiger partial charge on any atom is -0.453 e. The van der Waals surface area contributed by atoms with E-state index in [-0.39, 0.29) is 16.7 Å². The van der Waals surface area contributed by atoms with E-state index in [4.69, 9.17) is 0 Å². The van der Waals surface area contributed by atoms with Gasteiger partial charge < -0.3 is 10.1 Å². The van der Waals surface area contributed by atoms with Crippen molar-refractivity contribution in [3.8, 4) is 0 Å². The molecule has 5 heteroatoms. The molecule has 170 valence electrons. The monoisotopic (exact) mass is 434 g/mol. The Kier molecular flexibility index (Phi) is 5.78. The van der Waals surface area contributed by atoms with E-state index in [2.05, 4.69) is 49.1 Å². The lowest BCUT2D eigenvalue weighted by Gasteiger charge is -2.44. The van der Waals surface area contributed by atoms with Crippen molar-refractivity contribution >= 4 is 23.4 Å². The van der Waals surface area contributed by atoms with E-state index in [0.717, 1.165) is 37.8 Å². The third-order valence-electron chi connectivity index (χ3n) is 7.25. The molecular formula is C27H34N2O3. The van der Waals surface area contributed by atoms with Crippen LogP contribution in [0.3, 0.4) is 0 Å². The van der Waals surface area contributed by atoms with Crippen LogP contribution in [0.2, 0.25) is 0 Å². The van der Waals surface area contributed by atoms with Crippen LogP contribution < -0.4 is 10.6 Å². The molecule has 0 unspecified atom stereocenters. The SMILES string of the molecule is COC(=O)Nc1ccc(C(=O)Nc2c3c(cc4c2C(C)(C)CCC4(C)C)CCCC3)cc1. The van der Waals surface area contributed by atoms with Gasteiger partial charge in [0.15, 0.2) is 0 Å². The molecule has 2 aromatic rings. The van der Waals surface area contributed by atoms with Gasteiger partial charge in [0.05, 0.1) is 7.11 Å². The number of rotatable bonds is 3. The van der Waals surface area contributed by atoms with Crippen molar-refractivity contribution in [2.45, 2.75) is 77.0 Å². The fraction of sp³-hybridized carbons (Fsp3) is 0.481. The highest BCUT2D eigenvalue weighted by molar-refractivity contribution is 6.06. The molecule has 4 rings (SSSR count). The summed E-state index contributed by atoms with van der Waals surface area (Å²) < 4.78 is 4.62. The Morgan fingerprint density at radius 1 is 0.906 bits per heavy atom. The van der Waals surface area contributed by atoms with Gasteiger partial charge in [-0.05, 0) is 95.9 Å². The number of carbonyl (C=O) groups excluding carboxylic acids is 2. The van der Waals surface area contributed by atoms with Crippen LogP contribution in [0.1, 0.15) is 86.0 Å². The summed E-state index contributed by atoms with van der Waals surface area (Å²) in [5.74, 6) is -0.116. The van der Waals surface area contributed by atoms with Crippen molar-refractivity contribution in [1.82, 2.24) is 0 Å². The molecule has 0 saturated carbocycles. The molecule has 2 aromatic carbocycles. The summed E-state index contributed by atoms with van der Waals surface area (Å²) >= 11 is 0. The summed E-state index contributed by atoms with van der Waals surface area (Å²) in [7, 11) is 1.32. The summed E-state index contributed by atoms with van der Waals surface area (Å²) in [5, 5.41) is 5.94. The molecule has 2 amide bonds. The van der Waals surface area contributed by atoms with Crippen molar-refractivity contribution in [1.29, 1.82) is 0 Å². The van der Waals surface area contributed by atoms with Gasteiger partial charge in [-0.2, -0.15) is 0 Å². The van der Waals surface area contributed by atoms with E-state index in [1.807, 2.05) is 0 Å². The van der Waals surface area contributed by atoms with Gasteiger partial charge in [-0.1, -0.05) is 33.8 Å². The number of fused-ring (bicyclic) bond motifs is 2. The zero-order valence-corrected chi connectivity index (χ0v) is 19.9. The van der Waals surface area contributed by atoms with Crippen LogP contribution in [0.4, 0.5) is 16.2 Å². The summed E-state index contributed by atoms with van der Waals surface area (Å²) in [5.41, 5.74) is 7.71. The predicted molar refractivity (Wildman–Crippen MR) is 129 cm³/mol. The highest BCUT2D eigenvalue weighted by Crippen LogP contribution is 2.51. The number of hydrogen-bond acceptors (Lipinski definition) is 3. The first-order valence-corrected chi connectivity index (χ1v) is 11.6. The summed E-state index contributed by atoms with van der Waals surface area (Å²) in [6.45, 7) is 9.27. The number of carbonyl (C=O) groups is 2. The Balaban J connectivity index is 1.73. The molecule has 0 atom stereocenters. The molecule has 0 aliphatic heterocycles. The zero-order chi connectivity index (χ0) is 23.1. The standard InChI is InChI=1S/C27H34N2O3/c1-26(2)14-15-27(3,4)22-21(26)16-18-8-6-7-9-20(18)23(22)29-24(30)17-10-12-19(13-11-17)28-25(31)32-5/h10-13,16H,6-9,14-15H2,1-5H3,(H,28,31)(H,29,30). The second-order valence-corrected chi connectivity index (χ2v) is 10.4. The van der Waals surface area contributed by atoms with E-state index in [1.54, 1.807) is 24.3 Å². The average Bonchev–Trinajstić information content (AvgIpc) is 2.77. The minimum atomic E-state index is -0.533. The normalized spacial score (nSPS) is 18.2. The summed E-state index contributed by atoms with van der Waals surface area (Å²) in [6, 6.07) is 9.34. The lowest BCUT2D eigenvalue weighted by molar-refractivity contribution is 0.102. The maximum atomic E-state index is 13.3. The second-order valence-electron chi connectivity index (χ2n) is 10.4. The third kappa shape index (κ3) is 4.13. The van der Waals surface area contributed by atoms with Gasteiger partial charge >= 0.3 is 6.09 Å². The number of ether oxygens (including phenoxy) is 1. The maximum absolute atomic E-state index is 13.3. The Bertz CT molecular complexity index is 1050. The number of methoxy groups -OCH3 is 1. The molecule has 0 aromatic heterocycles. The summed E-state index contributed by atoms with van der Waals surface area (Å²) in [6.07, 6.45) is 6.17. The maximum Gasteiger partial charge on any atom is 0.411 e. The molecule has 0 radical (unpaired) electrons. The Hall–Kier alpha value is -2.82. The van der Waals surface area contributed by atoms with Crippen molar-refractivity contribution in [3.63, 3.8) is 0 Å². The molecule has 0 spiro atoms. The van der Waals surface area contributed by atoms with Gasteiger partial charge in [0.1, 0.15) is 0 Å². The van der Waals surface area contributed by atoms with Gasteiger partial charge in [-0.15, -0.1) is 0 Å². The van der Waals surface area contributed by atoms with Crippen LogP contribution in [-0.2, 0) is 28.4 Å². The molecule has 0 saturated heterocycles. The lowest BCUT2D eigenvalue weighted by atomic mass is 9.61. The molecule has 0 heterocycles. The fourth-order valence-electron chi connectivity index (χ4n) is 5.22. The smallest absolute Gasteiger partial charge is 0.411 e. The van der Waals surface area contributed by atoms with Crippen LogP contribution in [-0.4, -0.2) is 19.1 Å². The van der Waals surface area contributed by atoms with Crippen LogP contribution >= 0.6 is 0 Å². The van der Waals surface area contributed by atoms with E-state index in [1.165, 1.54) is 35.8 Å². The number of amides is 2. The third-order valence-corrected chi connectivity index (χ3v) is 7.25. The highest BCUT2D eigenvalue weighted by atomic mass is 16.5. The van der Waals surface area contributed by atoms with Crippen LogP contribution in [0.25, 0.3) is 0 Å². The van der Waals surface area contributed by atoms with Crippen LogP contribution in [0.15, 0.2) is 30.3 Å². The van der Waals surface area contributed by atoms with Gasteiger partial charge in [-0.3, -0.25) is 10.1 Å². The highest BCUT2D eigenvalue weighted by Gasteiger charge is 2.40. The average molecular weight is 435 g/mol. The molecule has 2 aliphatic carbocycles. The van der Waals surface area contributed by atoms with Gasteiger partial charge in [0.2, 0.25) is 0 Å². The first-order valence-electron chi connectivity index (χ1n) is 11.6. The molecule has 0 fully saturated rings. The van der Waals surface area contributed by atoms with Crippen molar-refractivity contribution in [3.05, 3.63) is 58.1 Å². The number of anilines is 2. The Morgan fingerprint density at radius 3 is 2.25 bits per heavy atom. The first kappa shape index (κ1) is 22.4. The molecule has 2 N–H and O–H groups in total. The van der Waals surface area contributed by atoms with Gasteiger partial charge in [-0.25, -0.2) is 4.79 Å². The quantitative estimate of drug-likeness (QED) is 0.592. The topological polar surface area (TPSA) is 67.4 Å². The van der Waals surface area contributed by atoms with Crippen molar-refractivity contribution in [2.24, 2.45) is 0 Å². The lowest BCUT2D eigenvalue weighted by Crippen LogP contribution is -2.36. The van der Waals surface area contributed by atoms with E-state index in [9.17, 15) is 9.59 Å². The molecular weight excluding hydrogens is 400 g/mol. The Morgan fingerprint density at radius 2 is 1.56 bits per heavy atom. The largest absolute Gasteiger partial charge is 0.453 e. The van der Waals surface area contributed by atoms with E-state index < -0.39 is 6.09 Å². The van der Waals surface area contributed by atoms with Gasteiger partial charge in [0, 0.05) is 16.9 Å². The molecule has 32 heavy (non-hydrogen) atoms. The fourth-order valence-corrected chi connectivity index (χ4v) is 5.22. The zero-order valence-electron chi connectivity index (χ0n) is 19.9. The number of aryl methyl sites for hydroxylation is 1. The van der Waals surface area contributed by atoms with Crippen molar-refractivity contribution in [2.75, 3.05) is 17.7 Å². The van der Waals surface area contributed by atoms with Crippen molar-refractivity contribution < 1.29 is 14.3 Å². The Labute approximate surface area is 190 Å². The number of nitrogens with one attached hydrogen (secondary N) is 2. The summed E-state index contributed by atoms with van der Waals surface area (Å²) in [4.78, 5) is 24.7. The molecule has 0 bridgehead atoms. The van der Waals surface area contributed by atoms with Crippen LogP contribution in [0, 0.1) is 0 Å². The van der Waals surface area contributed by atoms with Gasteiger partial charge in [0.25, 0.3) is 5.91 Å². The second kappa shape index (κ2) is 8.27.